The Morgan fingerprint density at radius 2 is 2.24 bits per heavy atom. The Hall–Kier alpha value is -1.99. The number of ether oxygens (including phenoxy) is 1. The predicted octanol–water partition coefficient (Wildman–Crippen LogP) is 2.54. The molecule has 0 atom stereocenters. The molecule has 0 spiro atoms. The molecule has 1 aliphatic heterocycles. The standard InChI is InChI=1S/C17H21N3O/c1-3-11-20-16-6-5-14(21-4-2)12-15(16)19-17(20)13-7-9-18-10-8-13/h1,5-6,12-13,18H,4,7-11H2,2H3. The Labute approximate surface area is 125 Å². The fourth-order valence-corrected chi connectivity index (χ4v) is 3.03. The molecule has 0 amide bonds. The number of fused-ring (bicyclic) bond motifs is 1. The van der Waals surface area contributed by atoms with Gasteiger partial charge >= 0.3 is 0 Å². The van der Waals surface area contributed by atoms with Crippen molar-refractivity contribution < 1.29 is 4.74 Å². The van der Waals surface area contributed by atoms with Gasteiger partial charge in [-0.2, -0.15) is 0 Å². The van der Waals surface area contributed by atoms with Crippen molar-refractivity contribution in [2.45, 2.75) is 32.2 Å². The summed E-state index contributed by atoms with van der Waals surface area (Å²) in [6, 6.07) is 6.07. The molecular weight excluding hydrogens is 262 g/mol. The Balaban J connectivity index is 2.05. The van der Waals surface area contributed by atoms with Crippen LogP contribution in [0, 0.1) is 12.3 Å². The SMILES string of the molecule is C#CCn1c(C2CCNCC2)nc2cc(OCC)ccc21. The van der Waals surface area contributed by atoms with Crippen LogP contribution in [0.4, 0.5) is 0 Å². The summed E-state index contributed by atoms with van der Waals surface area (Å²) in [5, 5.41) is 3.40. The first kappa shape index (κ1) is 14.0. The van der Waals surface area contributed by atoms with Gasteiger partial charge in [-0.05, 0) is 45.0 Å². The van der Waals surface area contributed by atoms with Crippen LogP contribution in [0.2, 0.25) is 0 Å². The van der Waals surface area contributed by atoms with E-state index >= 15 is 0 Å². The number of benzene rings is 1. The monoisotopic (exact) mass is 283 g/mol. The highest BCUT2D eigenvalue weighted by Crippen LogP contribution is 2.29. The molecule has 4 heteroatoms. The van der Waals surface area contributed by atoms with E-state index in [1.807, 2.05) is 19.1 Å². The second kappa shape index (κ2) is 6.19. The summed E-state index contributed by atoms with van der Waals surface area (Å²) >= 11 is 0. The molecule has 1 saturated heterocycles. The van der Waals surface area contributed by atoms with Gasteiger partial charge in [0.2, 0.25) is 0 Å². The molecule has 0 saturated carbocycles. The zero-order valence-electron chi connectivity index (χ0n) is 12.4. The largest absolute Gasteiger partial charge is 0.494 e. The lowest BCUT2D eigenvalue weighted by Gasteiger charge is -2.22. The molecule has 0 aliphatic carbocycles. The summed E-state index contributed by atoms with van der Waals surface area (Å²) in [5.41, 5.74) is 2.08. The summed E-state index contributed by atoms with van der Waals surface area (Å²) in [4.78, 5) is 4.86. The molecule has 1 aromatic heterocycles. The number of imidazole rings is 1. The van der Waals surface area contributed by atoms with Gasteiger partial charge in [-0.1, -0.05) is 5.92 Å². The van der Waals surface area contributed by atoms with E-state index in [-0.39, 0.29) is 0 Å². The summed E-state index contributed by atoms with van der Waals surface area (Å²) in [5.74, 6) is 5.24. The van der Waals surface area contributed by atoms with Gasteiger partial charge in [0, 0.05) is 12.0 Å². The van der Waals surface area contributed by atoms with Gasteiger partial charge in [-0.15, -0.1) is 6.42 Å². The Morgan fingerprint density at radius 1 is 1.43 bits per heavy atom. The molecule has 1 aromatic carbocycles. The predicted molar refractivity (Wildman–Crippen MR) is 84.6 cm³/mol. The van der Waals surface area contributed by atoms with Gasteiger partial charge in [0.25, 0.3) is 0 Å². The minimum atomic E-state index is 0.488. The molecule has 0 radical (unpaired) electrons. The van der Waals surface area contributed by atoms with Crippen molar-refractivity contribution in [3.05, 3.63) is 24.0 Å². The van der Waals surface area contributed by atoms with Gasteiger partial charge < -0.3 is 14.6 Å². The highest BCUT2D eigenvalue weighted by atomic mass is 16.5. The van der Waals surface area contributed by atoms with E-state index < -0.39 is 0 Å². The molecule has 21 heavy (non-hydrogen) atoms. The highest BCUT2D eigenvalue weighted by Gasteiger charge is 2.22. The molecule has 1 fully saturated rings. The number of hydrogen-bond acceptors (Lipinski definition) is 3. The van der Waals surface area contributed by atoms with Gasteiger partial charge in [-0.25, -0.2) is 4.98 Å². The quantitative estimate of drug-likeness (QED) is 0.876. The third-order valence-corrected chi connectivity index (χ3v) is 4.01. The molecular formula is C17H21N3O. The number of nitrogens with zero attached hydrogens (tertiary/aromatic N) is 2. The first-order valence-corrected chi connectivity index (χ1v) is 7.60. The van der Waals surface area contributed by atoms with Crippen LogP contribution in [0.5, 0.6) is 5.75 Å². The van der Waals surface area contributed by atoms with Crippen molar-refractivity contribution in [2.75, 3.05) is 19.7 Å². The second-order valence-corrected chi connectivity index (χ2v) is 5.37. The minimum absolute atomic E-state index is 0.488. The number of rotatable bonds is 4. The van der Waals surface area contributed by atoms with Crippen molar-refractivity contribution in [1.29, 1.82) is 0 Å². The fourth-order valence-electron chi connectivity index (χ4n) is 3.03. The molecule has 4 nitrogen and oxygen atoms in total. The van der Waals surface area contributed by atoms with E-state index in [1.54, 1.807) is 0 Å². The zero-order chi connectivity index (χ0) is 14.7. The Bertz CT molecular complexity index is 662. The lowest BCUT2D eigenvalue weighted by atomic mass is 9.97. The number of piperidine rings is 1. The van der Waals surface area contributed by atoms with E-state index in [2.05, 4.69) is 21.9 Å². The number of aromatic nitrogens is 2. The molecule has 1 aliphatic rings. The highest BCUT2D eigenvalue weighted by molar-refractivity contribution is 5.78. The third kappa shape index (κ3) is 2.74. The fraction of sp³-hybridized carbons (Fsp3) is 0.471. The van der Waals surface area contributed by atoms with Gasteiger partial charge in [0.05, 0.1) is 24.2 Å². The lowest BCUT2D eigenvalue weighted by molar-refractivity contribution is 0.340. The first-order chi connectivity index (χ1) is 10.3. The van der Waals surface area contributed by atoms with Crippen molar-refractivity contribution in [2.24, 2.45) is 0 Å². The molecule has 2 heterocycles. The summed E-state index contributed by atoms with van der Waals surface area (Å²) in [6.45, 7) is 5.32. The van der Waals surface area contributed by atoms with Crippen LogP contribution in [0.3, 0.4) is 0 Å². The smallest absolute Gasteiger partial charge is 0.121 e. The Morgan fingerprint density at radius 3 is 2.95 bits per heavy atom. The van der Waals surface area contributed by atoms with Crippen molar-refractivity contribution >= 4 is 11.0 Å². The maximum atomic E-state index is 5.57. The van der Waals surface area contributed by atoms with E-state index in [0.29, 0.717) is 19.1 Å². The van der Waals surface area contributed by atoms with E-state index in [4.69, 9.17) is 16.1 Å². The van der Waals surface area contributed by atoms with Crippen LogP contribution in [-0.4, -0.2) is 29.2 Å². The zero-order valence-corrected chi connectivity index (χ0v) is 12.4. The lowest BCUT2D eigenvalue weighted by Crippen LogP contribution is -2.28. The number of terminal acetylenes is 1. The van der Waals surface area contributed by atoms with Gasteiger partial charge in [0.15, 0.2) is 0 Å². The molecule has 3 rings (SSSR count). The second-order valence-electron chi connectivity index (χ2n) is 5.37. The van der Waals surface area contributed by atoms with Crippen molar-refractivity contribution in [3.63, 3.8) is 0 Å². The minimum Gasteiger partial charge on any atom is -0.494 e. The molecule has 1 N–H and O–H groups in total. The third-order valence-electron chi connectivity index (χ3n) is 4.01. The van der Waals surface area contributed by atoms with Crippen LogP contribution in [0.15, 0.2) is 18.2 Å². The number of hydrogen-bond donors (Lipinski definition) is 1. The normalized spacial score (nSPS) is 16.0. The maximum absolute atomic E-state index is 5.57. The average Bonchev–Trinajstić information content (AvgIpc) is 2.87. The van der Waals surface area contributed by atoms with Crippen LogP contribution in [0.1, 0.15) is 31.5 Å². The molecule has 110 valence electrons. The summed E-state index contributed by atoms with van der Waals surface area (Å²) in [7, 11) is 0. The van der Waals surface area contributed by atoms with Crippen LogP contribution in [0.25, 0.3) is 11.0 Å². The van der Waals surface area contributed by atoms with Crippen LogP contribution >= 0.6 is 0 Å². The molecule has 0 bridgehead atoms. The topological polar surface area (TPSA) is 39.1 Å². The van der Waals surface area contributed by atoms with Gasteiger partial charge in [-0.3, -0.25) is 0 Å². The molecule has 2 aromatic rings. The molecule has 0 unspecified atom stereocenters. The van der Waals surface area contributed by atoms with Crippen LogP contribution < -0.4 is 10.1 Å². The maximum Gasteiger partial charge on any atom is 0.121 e. The van der Waals surface area contributed by atoms with Crippen LogP contribution in [-0.2, 0) is 6.54 Å². The average molecular weight is 283 g/mol. The Kier molecular flexibility index (Phi) is 4.12. The van der Waals surface area contributed by atoms with E-state index in [1.165, 1.54) is 0 Å². The first-order valence-electron chi connectivity index (χ1n) is 7.60. The van der Waals surface area contributed by atoms with Crippen molar-refractivity contribution in [3.8, 4) is 18.1 Å². The van der Waals surface area contributed by atoms with Gasteiger partial charge in [0.1, 0.15) is 11.6 Å². The van der Waals surface area contributed by atoms with Crippen molar-refractivity contribution in [1.82, 2.24) is 14.9 Å². The van der Waals surface area contributed by atoms with E-state index in [9.17, 15) is 0 Å². The summed E-state index contributed by atoms with van der Waals surface area (Å²) < 4.78 is 7.75. The summed E-state index contributed by atoms with van der Waals surface area (Å²) in [6.07, 6.45) is 7.79. The number of nitrogens with one attached hydrogen (secondary N) is 1. The van der Waals surface area contributed by atoms with E-state index in [0.717, 1.165) is 48.5 Å².